The lowest BCUT2D eigenvalue weighted by atomic mass is 9.93. The van der Waals surface area contributed by atoms with Crippen LogP contribution < -0.4 is 0 Å². The molecule has 5 aromatic heterocycles. The third kappa shape index (κ3) is 5.41. The Morgan fingerprint density at radius 3 is 1.15 bits per heavy atom. The summed E-state index contributed by atoms with van der Waals surface area (Å²) in [6.45, 7) is 0. The van der Waals surface area contributed by atoms with E-state index in [0.29, 0.717) is 17.5 Å². The largest absolute Gasteiger partial charge is 0.254 e. The summed E-state index contributed by atoms with van der Waals surface area (Å²) in [5.74, 6) is 1.81. The molecule has 0 spiro atoms. The highest BCUT2D eigenvalue weighted by Gasteiger charge is 2.19. The fraction of sp³-hybridized carbons (Fsp3) is 0. The molecule has 0 radical (unpaired) electrons. The Hall–Kier alpha value is -8.29. The van der Waals surface area contributed by atoms with Crippen molar-refractivity contribution in [3.05, 3.63) is 189 Å². The number of fused-ring (bicyclic) bond motifs is 8. The summed E-state index contributed by atoms with van der Waals surface area (Å²) in [4.78, 5) is 34.7. The molecule has 7 nitrogen and oxygen atoms in total. The second-order valence-electron chi connectivity index (χ2n) is 14.9. The molecule has 0 atom stereocenters. The van der Waals surface area contributed by atoms with Gasteiger partial charge in [0, 0.05) is 63.0 Å². The van der Waals surface area contributed by atoms with Gasteiger partial charge in [-0.1, -0.05) is 140 Å². The van der Waals surface area contributed by atoms with Gasteiger partial charge < -0.3 is 0 Å². The van der Waals surface area contributed by atoms with E-state index in [9.17, 15) is 0 Å². The second-order valence-corrected chi connectivity index (χ2v) is 14.9. The molecule has 0 saturated heterocycles. The Balaban J connectivity index is 1.05. The van der Waals surface area contributed by atoms with Crippen LogP contribution in [0.4, 0.5) is 0 Å². The molecule has 0 aliphatic carbocycles. The minimum Gasteiger partial charge on any atom is -0.254 e. The molecule has 278 valence electrons. The number of aromatic nitrogens is 7. The first-order valence-electron chi connectivity index (χ1n) is 19.9. The van der Waals surface area contributed by atoms with Crippen LogP contribution in [0.2, 0.25) is 0 Å². The quantitative estimate of drug-likeness (QED) is 0.161. The normalized spacial score (nSPS) is 11.7. The van der Waals surface area contributed by atoms with Crippen molar-refractivity contribution in [3.63, 3.8) is 0 Å². The Morgan fingerprint density at radius 1 is 0.233 bits per heavy atom. The first kappa shape index (κ1) is 33.8. The van der Waals surface area contributed by atoms with E-state index in [1.165, 1.54) is 0 Å². The molecule has 0 aliphatic rings. The highest BCUT2D eigenvalue weighted by Crippen LogP contribution is 2.41. The molecule has 7 aromatic carbocycles. The lowest BCUT2D eigenvalue weighted by molar-refractivity contribution is 1.08. The van der Waals surface area contributed by atoms with Crippen molar-refractivity contribution >= 4 is 65.2 Å². The minimum absolute atomic E-state index is 0.601. The molecule has 0 bridgehead atoms. The average Bonchev–Trinajstić information content (AvgIpc) is 3.33. The van der Waals surface area contributed by atoms with E-state index in [4.69, 9.17) is 34.9 Å². The topological polar surface area (TPSA) is 90.2 Å². The van der Waals surface area contributed by atoms with Crippen LogP contribution in [0.15, 0.2) is 189 Å². The first-order chi connectivity index (χ1) is 29.8. The van der Waals surface area contributed by atoms with E-state index in [2.05, 4.69) is 121 Å². The number of pyridine rings is 4. The van der Waals surface area contributed by atoms with E-state index in [-0.39, 0.29) is 0 Å². The summed E-state index contributed by atoms with van der Waals surface area (Å²) in [6.07, 6.45) is 7.41. The summed E-state index contributed by atoms with van der Waals surface area (Å²) in [5, 5.41) is 8.50. The van der Waals surface area contributed by atoms with Gasteiger partial charge >= 0.3 is 0 Å². The van der Waals surface area contributed by atoms with Gasteiger partial charge in [0.15, 0.2) is 17.5 Å². The van der Waals surface area contributed by atoms with Gasteiger partial charge in [-0.05, 0) is 68.1 Å². The monoisotopic (exact) mass is 765 g/mol. The molecule has 0 N–H and O–H groups in total. The molecule has 5 heterocycles. The number of hydrogen-bond acceptors (Lipinski definition) is 7. The smallest absolute Gasteiger partial charge is 0.164 e. The summed E-state index contributed by atoms with van der Waals surface area (Å²) >= 11 is 0. The zero-order valence-corrected chi connectivity index (χ0v) is 32.0. The average molecular weight is 766 g/mol. The van der Waals surface area contributed by atoms with Gasteiger partial charge in [-0.2, -0.15) is 0 Å². The molecule has 0 amide bonds. The van der Waals surface area contributed by atoms with Crippen LogP contribution in [0.3, 0.4) is 0 Å². The summed E-state index contributed by atoms with van der Waals surface area (Å²) in [5.41, 5.74) is 10.7. The highest BCUT2D eigenvalue weighted by molar-refractivity contribution is 6.14. The van der Waals surface area contributed by atoms with Crippen LogP contribution in [0.25, 0.3) is 122 Å². The van der Waals surface area contributed by atoms with Crippen molar-refractivity contribution in [1.29, 1.82) is 0 Å². The Morgan fingerprint density at radius 2 is 0.650 bits per heavy atom. The Kier molecular flexibility index (Phi) is 7.71. The minimum atomic E-state index is 0.601. The van der Waals surface area contributed by atoms with E-state index in [1.807, 2.05) is 67.3 Å². The summed E-state index contributed by atoms with van der Waals surface area (Å²) in [6, 6.07) is 56.6. The lowest BCUT2D eigenvalue weighted by Crippen LogP contribution is -2.01. The van der Waals surface area contributed by atoms with Gasteiger partial charge in [-0.3, -0.25) is 19.9 Å². The van der Waals surface area contributed by atoms with Crippen molar-refractivity contribution in [3.8, 4) is 56.4 Å². The summed E-state index contributed by atoms with van der Waals surface area (Å²) < 4.78 is 0. The molecular formula is C53H31N7. The molecule has 7 heteroatoms. The SMILES string of the molecule is c1ccc(-c2nc(-c3cccc4c(-c5ccnc6c5ccc5cccnc56)cccc34)nc(-c3cccc4c(-c5ccnc6c5ccc5cccnc56)cccc34)n2)cc1. The van der Waals surface area contributed by atoms with Crippen molar-refractivity contribution in [2.45, 2.75) is 0 Å². The maximum atomic E-state index is 5.31. The molecule has 60 heavy (non-hydrogen) atoms. The predicted molar refractivity (Wildman–Crippen MR) is 243 cm³/mol. The third-order valence-corrected chi connectivity index (χ3v) is 11.5. The zero-order valence-electron chi connectivity index (χ0n) is 32.0. The van der Waals surface area contributed by atoms with Crippen molar-refractivity contribution in [1.82, 2.24) is 34.9 Å². The van der Waals surface area contributed by atoms with Crippen LogP contribution in [0.1, 0.15) is 0 Å². The third-order valence-electron chi connectivity index (χ3n) is 11.5. The first-order valence-corrected chi connectivity index (χ1v) is 19.9. The van der Waals surface area contributed by atoms with Gasteiger partial charge in [-0.15, -0.1) is 0 Å². The molecule has 0 aliphatic heterocycles. The van der Waals surface area contributed by atoms with Gasteiger partial charge in [0.2, 0.25) is 0 Å². The molecule has 12 rings (SSSR count). The van der Waals surface area contributed by atoms with Crippen molar-refractivity contribution in [2.75, 3.05) is 0 Å². The van der Waals surface area contributed by atoms with E-state index < -0.39 is 0 Å². The van der Waals surface area contributed by atoms with Crippen LogP contribution in [-0.4, -0.2) is 34.9 Å². The maximum Gasteiger partial charge on any atom is 0.164 e. The summed E-state index contributed by atoms with van der Waals surface area (Å²) in [7, 11) is 0. The van der Waals surface area contributed by atoms with Crippen LogP contribution in [-0.2, 0) is 0 Å². The highest BCUT2D eigenvalue weighted by atomic mass is 15.0. The van der Waals surface area contributed by atoms with E-state index >= 15 is 0 Å². The fourth-order valence-electron chi connectivity index (χ4n) is 8.79. The lowest BCUT2D eigenvalue weighted by Gasteiger charge is -2.15. The van der Waals surface area contributed by atoms with Crippen LogP contribution >= 0.6 is 0 Å². The standard InChI is InChI=1S/C53H31N7/c1-2-10-34(11-3-1)51-58-52(45-20-6-16-35-37(14-4-18-39(35)45)41-26-30-56-49-43(41)24-22-32-12-8-28-54-47(32)49)60-53(59-51)46-21-7-17-36-38(15-5-19-40(36)46)42-27-31-57-50-44(42)25-23-33-13-9-29-55-48(33)50/h1-31H. The fourth-order valence-corrected chi connectivity index (χ4v) is 8.79. The maximum absolute atomic E-state index is 5.31. The number of hydrogen-bond donors (Lipinski definition) is 0. The van der Waals surface area contributed by atoms with Crippen LogP contribution in [0.5, 0.6) is 0 Å². The zero-order chi connectivity index (χ0) is 39.6. The van der Waals surface area contributed by atoms with Gasteiger partial charge in [0.1, 0.15) is 0 Å². The van der Waals surface area contributed by atoms with Gasteiger partial charge in [0.05, 0.1) is 22.1 Å². The predicted octanol–water partition coefficient (Wildman–Crippen LogP) is 12.7. The molecule has 12 aromatic rings. The second kappa shape index (κ2) is 13.7. The van der Waals surface area contributed by atoms with Crippen LogP contribution in [0, 0.1) is 0 Å². The van der Waals surface area contributed by atoms with E-state index in [0.717, 1.165) is 104 Å². The number of benzene rings is 7. The molecule has 0 fully saturated rings. The number of nitrogens with zero attached hydrogens (tertiary/aromatic N) is 7. The molecule has 0 saturated carbocycles. The van der Waals surface area contributed by atoms with Gasteiger partial charge in [-0.25, -0.2) is 15.0 Å². The number of rotatable bonds is 5. The Labute approximate surface area is 343 Å². The van der Waals surface area contributed by atoms with Crippen molar-refractivity contribution in [2.24, 2.45) is 0 Å². The Bertz CT molecular complexity index is 3460. The molecular weight excluding hydrogens is 735 g/mol. The van der Waals surface area contributed by atoms with Gasteiger partial charge in [0.25, 0.3) is 0 Å². The molecule has 0 unspecified atom stereocenters. The van der Waals surface area contributed by atoms with Crippen molar-refractivity contribution < 1.29 is 0 Å². The van der Waals surface area contributed by atoms with E-state index in [1.54, 1.807) is 0 Å².